The van der Waals surface area contributed by atoms with Crippen molar-refractivity contribution in [1.82, 2.24) is 9.80 Å². The van der Waals surface area contributed by atoms with Crippen LogP contribution < -0.4 is 5.32 Å². The van der Waals surface area contributed by atoms with Crippen LogP contribution in [0.15, 0.2) is 71.1 Å². The Labute approximate surface area is 228 Å². The summed E-state index contributed by atoms with van der Waals surface area (Å²) in [7, 11) is 0. The van der Waals surface area contributed by atoms with Gasteiger partial charge in [0.1, 0.15) is 18.1 Å². The maximum Gasteiger partial charge on any atom is 0.338 e. The van der Waals surface area contributed by atoms with Crippen molar-refractivity contribution < 1.29 is 28.3 Å². The molecule has 3 aromatic rings. The Hall–Kier alpha value is -4.11. The van der Waals surface area contributed by atoms with Gasteiger partial charge in [0.15, 0.2) is 0 Å². The van der Waals surface area contributed by atoms with E-state index in [1.165, 1.54) is 4.90 Å². The normalized spacial score (nSPS) is 14.6. The van der Waals surface area contributed by atoms with Crippen LogP contribution in [0.3, 0.4) is 0 Å². The van der Waals surface area contributed by atoms with E-state index in [2.05, 4.69) is 5.32 Å². The second-order valence-corrected chi connectivity index (χ2v) is 9.49. The number of amides is 3. The predicted molar refractivity (Wildman–Crippen MR) is 146 cm³/mol. The lowest BCUT2D eigenvalue weighted by atomic mass is 10.2. The number of anilines is 1. The lowest BCUT2D eigenvalue weighted by molar-refractivity contribution is -0.133. The molecule has 39 heavy (non-hydrogen) atoms. The summed E-state index contributed by atoms with van der Waals surface area (Å²) in [5.74, 6) is 0.809. The van der Waals surface area contributed by atoms with Crippen molar-refractivity contribution in [2.24, 2.45) is 0 Å². The Bertz CT molecular complexity index is 1240. The van der Waals surface area contributed by atoms with Crippen molar-refractivity contribution in [2.45, 2.75) is 45.9 Å². The number of furan rings is 1. The summed E-state index contributed by atoms with van der Waals surface area (Å²) in [6, 6.07) is 19.5. The molecule has 1 N–H and O–H groups in total. The molecule has 3 amide bonds. The van der Waals surface area contributed by atoms with E-state index in [1.807, 2.05) is 49.4 Å². The van der Waals surface area contributed by atoms with Crippen molar-refractivity contribution in [3.8, 4) is 0 Å². The topological polar surface area (TPSA) is 101 Å². The number of hydrogen-bond acceptors (Lipinski definition) is 6. The van der Waals surface area contributed by atoms with E-state index in [9.17, 15) is 14.4 Å². The zero-order chi connectivity index (χ0) is 27.6. The Morgan fingerprint density at radius 2 is 1.74 bits per heavy atom. The Balaban J connectivity index is 1.49. The second-order valence-electron chi connectivity index (χ2n) is 9.49. The molecule has 1 aliphatic heterocycles. The minimum atomic E-state index is -0.425. The number of carbonyl (C=O) groups excluding carboxylic acids is 3. The summed E-state index contributed by atoms with van der Waals surface area (Å²) in [6.07, 6.45) is 1.61. The maximum atomic E-state index is 13.7. The number of carbonyl (C=O) groups is 3. The Morgan fingerprint density at radius 3 is 2.38 bits per heavy atom. The Kier molecular flexibility index (Phi) is 9.74. The van der Waals surface area contributed by atoms with E-state index in [1.54, 1.807) is 36.1 Å². The van der Waals surface area contributed by atoms with Crippen LogP contribution in [0.4, 0.5) is 10.5 Å². The smallest absolute Gasteiger partial charge is 0.338 e. The van der Waals surface area contributed by atoms with Gasteiger partial charge in [-0.25, -0.2) is 9.59 Å². The first-order chi connectivity index (χ1) is 18.9. The number of rotatable bonds is 11. The molecule has 1 unspecified atom stereocenters. The van der Waals surface area contributed by atoms with Crippen LogP contribution in [-0.2, 0) is 27.4 Å². The van der Waals surface area contributed by atoms with Crippen LogP contribution in [0.1, 0.15) is 47.2 Å². The lowest BCUT2D eigenvalue weighted by Gasteiger charge is -2.29. The van der Waals surface area contributed by atoms with Gasteiger partial charge in [0.2, 0.25) is 5.91 Å². The molecule has 2 heterocycles. The first-order valence-electron chi connectivity index (χ1n) is 13.2. The highest BCUT2D eigenvalue weighted by Gasteiger charge is 2.27. The number of nitrogens with zero attached hydrogens (tertiary/aromatic N) is 2. The molecule has 1 aliphatic rings. The van der Waals surface area contributed by atoms with Gasteiger partial charge in [-0.15, -0.1) is 0 Å². The lowest BCUT2D eigenvalue weighted by Crippen LogP contribution is -2.46. The fourth-order valence-electron chi connectivity index (χ4n) is 4.42. The monoisotopic (exact) mass is 533 g/mol. The van der Waals surface area contributed by atoms with E-state index >= 15 is 0 Å². The van der Waals surface area contributed by atoms with Gasteiger partial charge in [-0.1, -0.05) is 30.3 Å². The molecule has 1 saturated heterocycles. The van der Waals surface area contributed by atoms with E-state index in [4.69, 9.17) is 13.9 Å². The van der Waals surface area contributed by atoms with Crippen LogP contribution >= 0.6 is 0 Å². The summed E-state index contributed by atoms with van der Waals surface area (Å²) in [5, 5.41) is 2.85. The SMILES string of the molecule is CCOC(=O)c1ccc(NC(=O)N(CC(=O)N(Cc2ccccc2)Cc2ccc(C)o2)CC2CCCO2)cc1. The van der Waals surface area contributed by atoms with Crippen molar-refractivity contribution in [2.75, 3.05) is 31.6 Å². The third kappa shape index (κ3) is 8.19. The van der Waals surface area contributed by atoms with Crippen molar-refractivity contribution in [3.63, 3.8) is 0 Å². The van der Waals surface area contributed by atoms with Gasteiger partial charge in [0.25, 0.3) is 0 Å². The second kappa shape index (κ2) is 13.6. The molecule has 0 saturated carbocycles. The molecule has 9 nitrogen and oxygen atoms in total. The molecule has 0 radical (unpaired) electrons. The molecule has 2 aromatic carbocycles. The molecular weight excluding hydrogens is 498 g/mol. The molecule has 1 atom stereocenters. The molecule has 4 rings (SSSR count). The molecule has 0 spiro atoms. The van der Waals surface area contributed by atoms with Gasteiger partial charge in [-0.3, -0.25) is 4.79 Å². The van der Waals surface area contributed by atoms with Crippen LogP contribution in [-0.4, -0.2) is 60.1 Å². The fraction of sp³-hybridized carbons (Fsp3) is 0.367. The van der Waals surface area contributed by atoms with Crippen molar-refractivity contribution in [3.05, 3.63) is 89.4 Å². The molecule has 0 aliphatic carbocycles. The van der Waals surface area contributed by atoms with Gasteiger partial charge in [0, 0.05) is 25.4 Å². The minimum Gasteiger partial charge on any atom is -0.464 e. The summed E-state index contributed by atoms with van der Waals surface area (Å²) < 4.78 is 16.5. The van der Waals surface area contributed by atoms with E-state index in [-0.39, 0.29) is 38.3 Å². The van der Waals surface area contributed by atoms with Gasteiger partial charge in [-0.2, -0.15) is 0 Å². The number of benzene rings is 2. The number of esters is 1. The quantitative estimate of drug-likeness (QED) is 0.348. The zero-order valence-electron chi connectivity index (χ0n) is 22.4. The summed E-state index contributed by atoms with van der Waals surface area (Å²) in [6.45, 7) is 5.35. The van der Waals surface area contributed by atoms with Crippen molar-refractivity contribution in [1.29, 1.82) is 0 Å². The average molecular weight is 534 g/mol. The number of hydrogen-bond donors (Lipinski definition) is 1. The Morgan fingerprint density at radius 1 is 0.974 bits per heavy atom. The zero-order valence-corrected chi connectivity index (χ0v) is 22.4. The number of ether oxygens (including phenoxy) is 2. The standard InChI is InChI=1S/C30H35N3O6/c1-3-37-29(35)24-12-14-25(15-13-24)31-30(36)33(19-26-10-7-17-38-26)21-28(34)32(18-23-8-5-4-6-9-23)20-27-16-11-22(2)39-27/h4-6,8-9,11-16,26H,3,7,10,17-21H2,1-2H3,(H,31,36). The van der Waals surface area contributed by atoms with Crippen molar-refractivity contribution >= 4 is 23.6 Å². The van der Waals surface area contributed by atoms with Crippen LogP contribution in [0.2, 0.25) is 0 Å². The summed E-state index contributed by atoms with van der Waals surface area (Å²) in [4.78, 5) is 42.2. The molecule has 206 valence electrons. The number of nitrogens with one attached hydrogen (secondary N) is 1. The first-order valence-corrected chi connectivity index (χ1v) is 13.2. The number of aryl methyl sites for hydroxylation is 1. The average Bonchev–Trinajstić information content (AvgIpc) is 3.60. The molecule has 0 bridgehead atoms. The maximum absolute atomic E-state index is 13.7. The highest BCUT2D eigenvalue weighted by molar-refractivity contribution is 5.94. The molecule has 9 heteroatoms. The van der Waals surface area contributed by atoms with E-state index in [0.717, 1.165) is 24.2 Å². The predicted octanol–water partition coefficient (Wildman–Crippen LogP) is 5.01. The van der Waals surface area contributed by atoms with Crippen LogP contribution in [0.25, 0.3) is 0 Å². The summed E-state index contributed by atoms with van der Waals surface area (Å²) in [5.41, 5.74) is 1.88. The third-order valence-corrected chi connectivity index (χ3v) is 6.42. The molecule has 1 fully saturated rings. The third-order valence-electron chi connectivity index (χ3n) is 6.42. The highest BCUT2D eigenvalue weighted by atomic mass is 16.5. The van der Waals surface area contributed by atoms with E-state index in [0.29, 0.717) is 30.2 Å². The molecule has 1 aromatic heterocycles. The largest absolute Gasteiger partial charge is 0.464 e. The van der Waals surface area contributed by atoms with Gasteiger partial charge >= 0.3 is 12.0 Å². The van der Waals surface area contributed by atoms with Gasteiger partial charge in [-0.05, 0) is 68.7 Å². The summed E-state index contributed by atoms with van der Waals surface area (Å²) >= 11 is 0. The van der Waals surface area contributed by atoms with Crippen LogP contribution in [0, 0.1) is 6.92 Å². The van der Waals surface area contributed by atoms with Crippen LogP contribution in [0.5, 0.6) is 0 Å². The minimum absolute atomic E-state index is 0.126. The molecular formula is C30H35N3O6. The fourth-order valence-corrected chi connectivity index (χ4v) is 4.42. The first kappa shape index (κ1) is 27.9. The highest BCUT2D eigenvalue weighted by Crippen LogP contribution is 2.18. The number of urea groups is 1. The van der Waals surface area contributed by atoms with E-state index < -0.39 is 12.0 Å². The van der Waals surface area contributed by atoms with Gasteiger partial charge in [0.05, 0.1) is 24.8 Å². The van der Waals surface area contributed by atoms with Gasteiger partial charge < -0.3 is 29.0 Å².